The highest BCUT2D eigenvalue weighted by molar-refractivity contribution is 7.99. The van der Waals surface area contributed by atoms with Gasteiger partial charge >= 0.3 is 0 Å². The van der Waals surface area contributed by atoms with E-state index in [4.69, 9.17) is 19.3 Å². The second-order valence-electron chi connectivity index (χ2n) is 11.1. The summed E-state index contributed by atoms with van der Waals surface area (Å²) in [6.45, 7) is 9.14. The molecule has 1 aliphatic rings. The van der Waals surface area contributed by atoms with Crippen LogP contribution in [0.25, 0.3) is 11.4 Å². The van der Waals surface area contributed by atoms with E-state index < -0.39 is 0 Å². The van der Waals surface area contributed by atoms with E-state index in [2.05, 4.69) is 35.9 Å². The second-order valence-corrected chi connectivity index (χ2v) is 12.1. The molecule has 1 saturated heterocycles. The van der Waals surface area contributed by atoms with Crippen LogP contribution in [0, 0.1) is 0 Å². The third-order valence-electron chi connectivity index (χ3n) is 7.15. The number of nitrogens with zero attached hydrogens (tertiary/aromatic N) is 5. The van der Waals surface area contributed by atoms with Crippen LogP contribution in [0.15, 0.2) is 77.0 Å². The Hall–Kier alpha value is -4.15. The average Bonchev–Trinajstić information content (AvgIpc) is 3.45. The van der Waals surface area contributed by atoms with Crippen molar-refractivity contribution < 1.29 is 19.0 Å². The predicted molar refractivity (Wildman–Crippen MR) is 171 cm³/mol. The zero-order valence-corrected chi connectivity index (χ0v) is 26.1. The number of morpholine rings is 1. The Morgan fingerprint density at radius 3 is 2.47 bits per heavy atom. The van der Waals surface area contributed by atoms with Gasteiger partial charge in [0, 0.05) is 29.8 Å². The Morgan fingerprint density at radius 2 is 1.77 bits per heavy atom. The van der Waals surface area contributed by atoms with Crippen LogP contribution < -0.4 is 14.4 Å². The molecule has 1 aromatic heterocycles. The first-order chi connectivity index (χ1) is 20.8. The first-order valence-corrected chi connectivity index (χ1v) is 15.2. The van der Waals surface area contributed by atoms with Gasteiger partial charge in [0.1, 0.15) is 11.5 Å². The van der Waals surface area contributed by atoms with Gasteiger partial charge in [-0.2, -0.15) is 9.78 Å². The molecule has 0 spiro atoms. The zero-order chi connectivity index (χ0) is 30.4. The minimum Gasteiger partial charge on any atom is -0.497 e. The molecule has 0 bridgehead atoms. The Bertz CT molecular complexity index is 1590. The smallest absolute Gasteiger partial charge is 0.212 e. The SMILES string of the molecule is COc1cccc(/C=N/n2c(SCC(=O)c3cc(N4CCOCC4)c(OC)c(C(C)(C)C)c3)nnc2-c2ccccc2)c1. The van der Waals surface area contributed by atoms with Crippen LogP contribution in [0.5, 0.6) is 11.5 Å². The lowest BCUT2D eigenvalue weighted by Gasteiger charge is -2.33. The number of hydrogen-bond acceptors (Lipinski definition) is 9. The molecule has 0 amide bonds. The van der Waals surface area contributed by atoms with Gasteiger partial charge in [0.15, 0.2) is 11.6 Å². The summed E-state index contributed by atoms with van der Waals surface area (Å²) in [7, 11) is 3.32. The molecule has 5 rings (SSSR count). The van der Waals surface area contributed by atoms with Crippen molar-refractivity contribution in [3.05, 3.63) is 83.4 Å². The molecule has 4 aromatic rings. The van der Waals surface area contributed by atoms with Crippen molar-refractivity contribution in [3.8, 4) is 22.9 Å². The van der Waals surface area contributed by atoms with Crippen molar-refractivity contribution in [2.45, 2.75) is 31.3 Å². The number of methoxy groups -OCH3 is 2. The van der Waals surface area contributed by atoms with Gasteiger partial charge in [-0.1, -0.05) is 75.0 Å². The lowest BCUT2D eigenvalue weighted by Crippen LogP contribution is -2.37. The average molecular weight is 600 g/mol. The number of Topliss-reactive ketones (excluding diaryl/α,β-unsaturated/α-hetero) is 1. The highest BCUT2D eigenvalue weighted by atomic mass is 32.2. The molecule has 43 heavy (non-hydrogen) atoms. The Balaban J connectivity index is 1.46. The van der Waals surface area contributed by atoms with E-state index in [1.54, 1.807) is 25.1 Å². The van der Waals surface area contributed by atoms with Crippen molar-refractivity contribution >= 4 is 29.4 Å². The van der Waals surface area contributed by atoms with Crippen LogP contribution in [-0.2, 0) is 10.2 Å². The molecule has 9 nitrogen and oxygen atoms in total. The lowest BCUT2D eigenvalue weighted by atomic mass is 9.84. The molecular weight excluding hydrogens is 562 g/mol. The van der Waals surface area contributed by atoms with Crippen LogP contribution in [0.1, 0.15) is 42.3 Å². The summed E-state index contributed by atoms with van der Waals surface area (Å²) in [4.78, 5) is 16.0. The number of rotatable bonds is 10. The quantitative estimate of drug-likeness (QED) is 0.125. The summed E-state index contributed by atoms with van der Waals surface area (Å²) in [5, 5.41) is 14.1. The maximum Gasteiger partial charge on any atom is 0.212 e. The van der Waals surface area contributed by atoms with E-state index in [9.17, 15) is 4.79 Å². The molecular formula is C33H37N5O4S. The predicted octanol–water partition coefficient (Wildman–Crippen LogP) is 5.95. The monoisotopic (exact) mass is 599 g/mol. The van der Waals surface area contributed by atoms with Gasteiger partial charge in [0.2, 0.25) is 5.16 Å². The molecule has 0 unspecified atom stereocenters. The van der Waals surface area contributed by atoms with E-state index in [1.807, 2.05) is 66.7 Å². The minimum absolute atomic E-state index is 0.0137. The highest BCUT2D eigenvalue weighted by Crippen LogP contribution is 2.41. The number of carbonyl (C=O) groups is 1. The zero-order valence-electron chi connectivity index (χ0n) is 25.2. The van der Waals surface area contributed by atoms with Crippen LogP contribution >= 0.6 is 11.8 Å². The molecule has 3 aromatic carbocycles. The van der Waals surface area contributed by atoms with Crippen molar-refractivity contribution in [3.63, 3.8) is 0 Å². The molecule has 0 aliphatic carbocycles. The summed E-state index contributed by atoms with van der Waals surface area (Å²) >= 11 is 1.31. The number of aromatic nitrogens is 3. The van der Waals surface area contributed by atoms with E-state index in [1.165, 1.54) is 11.8 Å². The number of thioether (sulfide) groups is 1. The summed E-state index contributed by atoms with van der Waals surface area (Å²) in [6.07, 6.45) is 1.73. The molecule has 0 radical (unpaired) electrons. The summed E-state index contributed by atoms with van der Waals surface area (Å²) in [6, 6.07) is 21.3. The van der Waals surface area contributed by atoms with Crippen molar-refractivity contribution in [1.82, 2.24) is 14.9 Å². The van der Waals surface area contributed by atoms with Crippen LogP contribution in [-0.4, -0.2) is 73.1 Å². The van der Waals surface area contributed by atoms with Gasteiger partial charge in [0.05, 0.1) is 45.1 Å². The fraction of sp³-hybridized carbons (Fsp3) is 0.333. The number of benzene rings is 3. The summed E-state index contributed by atoms with van der Waals surface area (Å²) < 4.78 is 18.5. The Morgan fingerprint density at radius 1 is 1.00 bits per heavy atom. The van der Waals surface area contributed by atoms with E-state index in [0.29, 0.717) is 29.8 Å². The van der Waals surface area contributed by atoms with Gasteiger partial charge < -0.3 is 19.1 Å². The topological polar surface area (TPSA) is 91.1 Å². The van der Waals surface area contributed by atoms with Gasteiger partial charge in [-0.3, -0.25) is 4.79 Å². The second kappa shape index (κ2) is 13.4. The number of carbonyl (C=O) groups excluding carboxylic acids is 1. The molecule has 224 valence electrons. The van der Waals surface area contributed by atoms with Crippen LogP contribution in [0.4, 0.5) is 5.69 Å². The number of ether oxygens (including phenoxy) is 3. The third kappa shape index (κ3) is 7.09. The fourth-order valence-electron chi connectivity index (χ4n) is 4.87. The van der Waals surface area contributed by atoms with E-state index in [-0.39, 0.29) is 17.0 Å². The normalized spacial score (nSPS) is 13.8. The highest BCUT2D eigenvalue weighted by Gasteiger charge is 2.27. The fourth-order valence-corrected chi connectivity index (χ4v) is 5.65. The van der Waals surface area contributed by atoms with Gasteiger partial charge in [-0.05, 0) is 35.2 Å². The molecule has 0 saturated carbocycles. The van der Waals surface area contributed by atoms with Gasteiger partial charge in [-0.15, -0.1) is 10.2 Å². The summed E-state index contributed by atoms with van der Waals surface area (Å²) in [5.74, 6) is 2.28. The van der Waals surface area contributed by atoms with Crippen molar-refractivity contribution in [1.29, 1.82) is 0 Å². The standard InChI is InChI=1S/C33H37N5O4S/c1-33(2,3)27-19-25(20-28(30(27)41-5)37-14-16-42-17-15-37)29(39)22-43-32-36-35-31(24-11-7-6-8-12-24)38(32)34-21-23-10-9-13-26(18-23)40-4/h6-13,18-21H,14-17,22H2,1-5H3/b34-21+. The number of ketones is 1. The molecule has 1 fully saturated rings. The Labute approximate surface area is 256 Å². The van der Waals surface area contributed by atoms with Gasteiger partial charge in [-0.25, -0.2) is 0 Å². The maximum absolute atomic E-state index is 13.8. The van der Waals surface area contributed by atoms with Crippen LogP contribution in [0.2, 0.25) is 0 Å². The molecule has 0 N–H and O–H groups in total. The molecule has 0 atom stereocenters. The van der Waals surface area contributed by atoms with Crippen LogP contribution in [0.3, 0.4) is 0 Å². The minimum atomic E-state index is -0.227. The first kappa shape index (κ1) is 30.3. The van der Waals surface area contributed by atoms with E-state index in [0.717, 1.165) is 47.0 Å². The summed E-state index contributed by atoms with van der Waals surface area (Å²) in [5.41, 5.74) is 4.05. The molecule has 2 heterocycles. The Kier molecular flexibility index (Phi) is 9.47. The van der Waals surface area contributed by atoms with Crippen molar-refractivity contribution in [2.24, 2.45) is 5.10 Å². The van der Waals surface area contributed by atoms with E-state index >= 15 is 0 Å². The third-order valence-corrected chi connectivity index (χ3v) is 8.07. The van der Waals surface area contributed by atoms with Gasteiger partial charge in [0.25, 0.3) is 0 Å². The number of anilines is 1. The molecule has 10 heteroatoms. The lowest BCUT2D eigenvalue weighted by molar-refractivity contribution is 0.102. The molecule has 1 aliphatic heterocycles. The number of hydrogen-bond donors (Lipinski definition) is 0. The largest absolute Gasteiger partial charge is 0.497 e. The van der Waals surface area contributed by atoms with Crippen molar-refractivity contribution in [2.75, 3.05) is 51.2 Å². The maximum atomic E-state index is 13.8. The first-order valence-electron chi connectivity index (χ1n) is 14.2.